The van der Waals surface area contributed by atoms with E-state index in [4.69, 9.17) is 21.6 Å². The van der Waals surface area contributed by atoms with Gasteiger partial charge in [-0.2, -0.15) is 5.26 Å². The van der Waals surface area contributed by atoms with E-state index < -0.39 is 6.09 Å². The van der Waals surface area contributed by atoms with E-state index in [9.17, 15) is 9.59 Å². The Morgan fingerprint density at radius 3 is 2.93 bits per heavy atom. The number of benzene rings is 1. The average Bonchev–Trinajstić information content (AvgIpc) is 2.65. The van der Waals surface area contributed by atoms with Crippen molar-refractivity contribution in [3.8, 4) is 6.07 Å². The molecule has 2 amide bonds. The van der Waals surface area contributed by atoms with Crippen LogP contribution in [0.4, 0.5) is 10.5 Å². The van der Waals surface area contributed by atoms with Gasteiger partial charge >= 0.3 is 6.09 Å². The van der Waals surface area contributed by atoms with Gasteiger partial charge in [-0.05, 0) is 57.0 Å². The number of halogens is 1. The van der Waals surface area contributed by atoms with Crippen molar-refractivity contribution in [1.29, 1.82) is 5.26 Å². The third-order valence-electron chi connectivity index (χ3n) is 4.66. The zero-order chi connectivity index (χ0) is 20.5. The highest BCUT2D eigenvalue weighted by Crippen LogP contribution is 2.23. The Morgan fingerprint density at radius 2 is 2.25 bits per heavy atom. The number of hydrogen-bond donors (Lipinski definition) is 1. The number of ether oxygens (including phenoxy) is 1. The summed E-state index contributed by atoms with van der Waals surface area (Å²) in [6, 6.07) is 7.48. The first-order valence-electron chi connectivity index (χ1n) is 9.53. The summed E-state index contributed by atoms with van der Waals surface area (Å²) in [5, 5.41) is 12.4. The molecule has 0 aliphatic carbocycles. The number of carbonyl (C=O) groups excluding carboxylic acids is 2. The van der Waals surface area contributed by atoms with E-state index in [1.807, 2.05) is 17.9 Å². The van der Waals surface area contributed by atoms with Crippen LogP contribution in [0.25, 0.3) is 0 Å². The number of carbonyl (C=O) groups is 2. The number of rotatable bonds is 7. The fourth-order valence-corrected chi connectivity index (χ4v) is 3.41. The average molecular weight is 407 g/mol. The fourth-order valence-electron chi connectivity index (χ4n) is 3.29. The van der Waals surface area contributed by atoms with Crippen molar-refractivity contribution >= 4 is 29.3 Å². The molecule has 28 heavy (non-hydrogen) atoms. The van der Waals surface area contributed by atoms with E-state index in [1.165, 1.54) is 0 Å². The fraction of sp³-hybridized carbons (Fsp3) is 0.550. The quantitative estimate of drug-likeness (QED) is 0.751. The lowest BCUT2D eigenvalue weighted by molar-refractivity contribution is -0.120. The number of aryl methyl sites for hydroxylation is 1. The molecule has 1 N–H and O–H groups in total. The van der Waals surface area contributed by atoms with E-state index >= 15 is 0 Å². The van der Waals surface area contributed by atoms with E-state index in [0.717, 1.165) is 30.6 Å². The second-order valence-corrected chi connectivity index (χ2v) is 7.23. The molecule has 8 heteroatoms. The van der Waals surface area contributed by atoms with E-state index in [1.54, 1.807) is 24.0 Å². The first kappa shape index (κ1) is 22.0. The maximum Gasteiger partial charge on any atom is 0.407 e. The number of likely N-dealkylation sites (tertiary alicyclic amines) is 1. The maximum absolute atomic E-state index is 13.0. The van der Waals surface area contributed by atoms with Crippen molar-refractivity contribution in [2.45, 2.75) is 39.2 Å². The van der Waals surface area contributed by atoms with Gasteiger partial charge in [-0.25, -0.2) is 4.79 Å². The molecular formula is C20H27ClN4O3. The van der Waals surface area contributed by atoms with Crippen LogP contribution in [0, 0.1) is 18.3 Å². The number of piperidine rings is 1. The standard InChI is InChI=1S/C20H27ClN4O3/c1-3-28-20(27)23-16-6-4-10-24(13-16)14-19(26)25(11-5-9-22)17-7-8-18(21)15(2)12-17/h7-8,12,16H,3-6,10-11,13-14H2,1-2H3,(H,23,27). The van der Waals surface area contributed by atoms with Gasteiger partial charge in [0.25, 0.3) is 0 Å². The van der Waals surface area contributed by atoms with Crippen LogP contribution in [0.15, 0.2) is 18.2 Å². The van der Waals surface area contributed by atoms with Crippen molar-refractivity contribution in [1.82, 2.24) is 10.2 Å². The summed E-state index contributed by atoms with van der Waals surface area (Å²) in [5.41, 5.74) is 1.62. The largest absolute Gasteiger partial charge is 0.450 e. The molecule has 0 saturated carbocycles. The first-order chi connectivity index (χ1) is 13.4. The second kappa shape index (κ2) is 10.9. The minimum atomic E-state index is -0.423. The van der Waals surface area contributed by atoms with Crippen LogP contribution < -0.4 is 10.2 Å². The molecule has 0 radical (unpaired) electrons. The Bertz CT molecular complexity index is 735. The highest BCUT2D eigenvalue weighted by molar-refractivity contribution is 6.31. The lowest BCUT2D eigenvalue weighted by atomic mass is 10.1. The summed E-state index contributed by atoms with van der Waals surface area (Å²) in [4.78, 5) is 28.3. The van der Waals surface area contributed by atoms with Gasteiger partial charge in [-0.1, -0.05) is 11.6 Å². The van der Waals surface area contributed by atoms with E-state index in [0.29, 0.717) is 24.7 Å². The Morgan fingerprint density at radius 1 is 1.46 bits per heavy atom. The number of hydrogen-bond acceptors (Lipinski definition) is 5. The first-order valence-corrected chi connectivity index (χ1v) is 9.91. The molecule has 1 aliphatic rings. The molecule has 1 aliphatic heterocycles. The Labute approximate surface area is 171 Å². The Kier molecular flexibility index (Phi) is 8.55. The lowest BCUT2D eigenvalue weighted by Crippen LogP contribution is -2.51. The van der Waals surface area contributed by atoms with Gasteiger partial charge in [-0.3, -0.25) is 9.69 Å². The highest BCUT2D eigenvalue weighted by Gasteiger charge is 2.25. The molecular weight excluding hydrogens is 380 g/mol. The zero-order valence-electron chi connectivity index (χ0n) is 16.4. The van der Waals surface area contributed by atoms with Crippen LogP contribution in [-0.4, -0.2) is 55.7 Å². The van der Waals surface area contributed by atoms with Gasteiger partial charge in [0.15, 0.2) is 0 Å². The van der Waals surface area contributed by atoms with Crippen molar-refractivity contribution in [3.05, 3.63) is 28.8 Å². The van der Waals surface area contributed by atoms with Crippen LogP contribution in [0.1, 0.15) is 31.7 Å². The van der Waals surface area contributed by atoms with Gasteiger partial charge in [-0.15, -0.1) is 0 Å². The molecule has 0 aromatic heterocycles. The zero-order valence-corrected chi connectivity index (χ0v) is 17.2. The molecule has 1 aromatic rings. The molecule has 0 spiro atoms. The van der Waals surface area contributed by atoms with E-state index in [2.05, 4.69) is 11.4 Å². The Hall–Kier alpha value is -2.30. The molecule has 7 nitrogen and oxygen atoms in total. The third kappa shape index (κ3) is 6.39. The topological polar surface area (TPSA) is 85.7 Å². The normalized spacial score (nSPS) is 16.9. The van der Waals surface area contributed by atoms with Gasteiger partial charge in [0, 0.05) is 29.8 Å². The molecule has 1 saturated heterocycles. The maximum atomic E-state index is 13.0. The van der Waals surface area contributed by atoms with Crippen LogP contribution in [-0.2, 0) is 9.53 Å². The summed E-state index contributed by atoms with van der Waals surface area (Å²) in [5.74, 6) is -0.0752. The van der Waals surface area contributed by atoms with Crippen molar-refractivity contribution in [2.24, 2.45) is 0 Å². The lowest BCUT2D eigenvalue weighted by Gasteiger charge is -2.34. The van der Waals surface area contributed by atoms with Crippen LogP contribution in [0.3, 0.4) is 0 Å². The number of alkyl carbamates (subject to hydrolysis) is 1. The molecule has 152 valence electrons. The molecule has 2 rings (SSSR count). The highest BCUT2D eigenvalue weighted by atomic mass is 35.5. The molecule has 1 atom stereocenters. The van der Waals surface area contributed by atoms with Gasteiger partial charge in [0.05, 0.1) is 25.6 Å². The molecule has 1 heterocycles. The molecule has 1 aromatic carbocycles. The van der Waals surface area contributed by atoms with Gasteiger partial charge < -0.3 is 15.0 Å². The van der Waals surface area contributed by atoms with Gasteiger partial charge in [0.2, 0.25) is 5.91 Å². The SMILES string of the molecule is CCOC(=O)NC1CCCN(CC(=O)N(CCC#N)c2ccc(Cl)c(C)c2)C1. The smallest absolute Gasteiger partial charge is 0.407 e. The van der Waals surface area contributed by atoms with Crippen LogP contribution in [0.5, 0.6) is 0 Å². The monoisotopic (exact) mass is 406 g/mol. The summed E-state index contributed by atoms with van der Waals surface area (Å²) in [7, 11) is 0. The number of amides is 2. The number of nitrogens with one attached hydrogen (secondary N) is 1. The second-order valence-electron chi connectivity index (χ2n) is 6.83. The van der Waals surface area contributed by atoms with Crippen molar-refractivity contribution < 1.29 is 14.3 Å². The minimum Gasteiger partial charge on any atom is -0.450 e. The number of nitrogens with zero attached hydrogens (tertiary/aromatic N) is 3. The molecule has 1 unspecified atom stereocenters. The molecule has 1 fully saturated rings. The van der Waals surface area contributed by atoms with Crippen molar-refractivity contribution in [3.63, 3.8) is 0 Å². The third-order valence-corrected chi connectivity index (χ3v) is 5.09. The Balaban J connectivity index is 2.02. The van der Waals surface area contributed by atoms with E-state index in [-0.39, 0.29) is 24.9 Å². The minimum absolute atomic E-state index is 0.0362. The summed E-state index contributed by atoms with van der Waals surface area (Å²) in [6.45, 7) is 5.92. The predicted molar refractivity (Wildman–Crippen MR) is 108 cm³/mol. The van der Waals surface area contributed by atoms with Crippen LogP contribution >= 0.6 is 11.6 Å². The summed E-state index contributed by atoms with van der Waals surface area (Å²) in [6.07, 6.45) is 1.58. The molecule has 0 bridgehead atoms. The predicted octanol–water partition coefficient (Wildman–Crippen LogP) is 3.11. The van der Waals surface area contributed by atoms with Gasteiger partial charge in [0.1, 0.15) is 0 Å². The van der Waals surface area contributed by atoms with Crippen molar-refractivity contribution in [2.75, 3.05) is 37.7 Å². The number of nitriles is 1. The summed E-state index contributed by atoms with van der Waals surface area (Å²) < 4.78 is 4.94. The summed E-state index contributed by atoms with van der Waals surface area (Å²) >= 11 is 6.10. The number of anilines is 1. The van der Waals surface area contributed by atoms with Crippen LogP contribution in [0.2, 0.25) is 5.02 Å².